The summed E-state index contributed by atoms with van der Waals surface area (Å²) in [6.45, 7) is 0. The second-order valence-corrected chi connectivity index (χ2v) is 11.1. The van der Waals surface area contributed by atoms with E-state index in [0.29, 0.717) is 15.4 Å². The summed E-state index contributed by atoms with van der Waals surface area (Å²) >= 11 is 1.28. The molecular formula is C24H20FN3O4S2. The van der Waals surface area contributed by atoms with Crippen molar-refractivity contribution in [2.75, 3.05) is 10.5 Å². The van der Waals surface area contributed by atoms with E-state index in [1.807, 2.05) is 30.3 Å². The van der Waals surface area contributed by atoms with Crippen molar-refractivity contribution in [2.45, 2.75) is 24.7 Å². The van der Waals surface area contributed by atoms with Gasteiger partial charge in [-0.1, -0.05) is 41.7 Å². The van der Waals surface area contributed by atoms with Crippen molar-refractivity contribution < 1.29 is 22.7 Å². The minimum absolute atomic E-state index is 0.0201. The number of carbonyl (C=O) groups is 1. The number of carboxylic acid groups (broad SMARTS) is 1. The van der Waals surface area contributed by atoms with E-state index in [1.54, 1.807) is 0 Å². The van der Waals surface area contributed by atoms with E-state index in [0.717, 1.165) is 24.6 Å². The maximum absolute atomic E-state index is 14.9. The molecule has 0 spiro atoms. The number of halogens is 1. The lowest BCUT2D eigenvalue weighted by Gasteiger charge is -2.14. The number of hydrogen-bond donors (Lipinski definition) is 2. The molecular weight excluding hydrogens is 477 g/mol. The van der Waals surface area contributed by atoms with Gasteiger partial charge in [-0.25, -0.2) is 22.8 Å². The fourth-order valence-corrected chi connectivity index (χ4v) is 5.97. The van der Waals surface area contributed by atoms with Crippen molar-refractivity contribution in [1.29, 1.82) is 0 Å². The van der Waals surface area contributed by atoms with E-state index in [-0.39, 0.29) is 16.7 Å². The van der Waals surface area contributed by atoms with Crippen LogP contribution in [0.2, 0.25) is 0 Å². The summed E-state index contributed by atoms with van der Waals surface area (Å²) in [7, 11) is -3.90. The summed E-state index contributed by atoms with van der Waals surface area (Å²) in [4.78, 5) is 20.7. The van der Waals surface area contributed by atoms with Crippen LogP contribution < -0.4 is 4.72 Å². The van der Waals surface area contributed by atoms with Crippen molar-refractivity contribution in [2.24, 2.45) is 0 Å². The van der Waals surface area contributed by atoms with Crippen LogP contribution >= 0.6 is 11.3 Å². The molecule has 174 valence electrons. The van der Waals surface area contributed by atoms with Gasteiger partial charge in [-0.2, -0.15) is 0 Å². The Morgan fingerprint density at radius 1 is 1.09 bits per heavy atom. The van der Waals surface area contributed by atoms with E-state index in [4.69, 9.17) is 10.1 Å². The number of anilines is 1. The highest BCUT2D eigenvalue weighted by molar-refractivity contribution is 7.92. The number of carboxylic acids is 1. The van der Waals surface area contributed by atoms with Crippen LogP contribution in [0.15, 0.2) is 60.7 Å². The number of fused-ring (bicyclic) bond motifs is 1. The molecule has 0 atom stereocenters. The van der Waals surface area contributed by atoms with E-state index in [2.05, 4.69) is 21.8 Å². The Morgan fingerprint density at radius 2 is 1.85 bits per heavy atom. The molecule has 2 aromatic heterocycles. The van der Waals surface area contributed by atoms with Crippen LogP contribution in [0.1, 0.15) is 30.5 Å². The Morgan fingerprint density at radius 3 is 2.53 bits per heavy atom. The van der Waals surface area contributed by atoms with Gasteiger partial charge in [-0.15, -0.1) is 0 Å². The molecule has 2 aromatic carbocycles. The predicted molar refractivity (Wildman–Crippen MR) is 129 cm³/mol. The van der Waals surface area contributed by atoms with Crippen LogP contribution in [-0.2, 0) is 20.2 Å². The summed E-state index contributed by atoms with van der Waals surface area (Å²) in [6.07, 6.45) is 1.52. The van der Waals surface area contributed by atoms with Gasteiger partial charge < -0.3 is 5.11 Å². The van der Waals surface area contributed by atoms with Gasteiger partial charge >= 0.3 is 5.97 Å². The zero-order valence-electron chi connectivity index (χ0n) is 17.9. The molecule has 1 fully saturated rings. The molecule has 0 aliphatic heterocycles. The van der Waals surface area contributed by atoms with Gasteiger partial charge in [-0.3, -0.25) is 9.52 Å². The monoisotopic (exact) mass is 497 g/mol. The third-order valence-corrected chi connectivity index (χ3v) is 8.17. The molecule has 0 bridgehead atoms. The molecule has 0 radical (unpaired) electrons. The van der Waals surface area contributed by atoms with Crippen LogP contribution in [0.5, 0.6) is 0 Å². The van der Waals surface area contributed by atoms with Crippen molar-refractivity contribution in [3.8, 4) is 10.6 Å². The zero-order chi connectivity index (χ0) is 23.9. The van der Waals surface area contributed by atoms with Crippen LogP contribution in [0.4, 0.5) is 10.1 Å². The molecule has 7 nitrogen and oxygen atoms in total. The van der Waals surface area contributed by atoms with Crippen LogP contribution in [-0.4, -0.2) is 35.2 Å². The minimum atomic E-state index is -3.90. The highest BCUT2D eigenvalue weighted by Crippen LogP contribution is 2.53. The highest BCUT2D eigenvalue weighted by Gasteiger charge is 2.47. The van der Waals surface area contributed by atoms with Gasteiger partial charge in [0.05, 0.1) is 23.6 Å². The van der Waals surface area contributed by atoms with E-state index < -0.39 is 34.0 Å². The maximum Gasteiger partial charge on any atom is 0.304 e. The first-order valence-electron chi connectivity index (χ1n) is 10.6. The molecule has 5 rings (SSSR count). The number of rotatable bonds is 8. The predicted octanol–water partition coefficient (Wildman–Crippen LogP) is 4.79. The molecule has 1 saturated carbocycles. The number of aromatic nitrogens is 2. The van der Waals surface area contributed by atoms with Crippen molar-refractivity contribution in [3.05, 3.63) is 77.7 Å². The summed E-state index contributed by atoms with van der Waals surface area (Å²) in [5.41, 5.74) is 3.07. The molecule has 34 heavy (non-hydrogen) atoms. The highest BCUT2D eigenvalue weighted by atomic mass is 32.2. The quantitative estimate of drug-likeness (QED) is 0.362. The number of sulfonamides is 1. The summed E-state index contributed by atoms with van der Waals surface area (Å²) in [6, 6.07) is 18.1. The Hall–Kier alpha value is -3.37. The van der Waals surface area contributed by atoms with Gasteiger partial charge in [0.1, 0.15) is 21.2 Å². The molecule has 10 heteroatoms. The maximum atomic E-state index is 14.9. The van der Waals surface area contributed by atoms with Gasteiger partial charge in [0.25, 0.3) is 0 Å². The second kappa shape index (κ2) is 8.44. The van der Waals surface area contributed by atoms with Gasteiger partial charge in [-0.05, 0) is 48.7 Å². The molecule has 1 aliphatic carbocycles. The Kier molecular flexibility index (Phi) is 5.57. The normalized spacial score (nSPS) is 14.7. The number of nitrogens with zero attached hydrogens (tertiary/aromatic N) is 2. The van der Waals surface area contributed by atoms with E-state index >= 15 is 0 Å². The fourth-order valence-electron chi connectivity index (χ4n) is 3.98. The molecule has 4 aromatic rings. The van der Waals surface area contributed by atoms with E-state index in [1.165, 1.54) is 29.0 Å². The number of hydrogen-bond acceptors (Lipinski definition) is 6. The number of benzene rings is 2. The molecule has 0 saturated heterocycles. The number of thiazole rings is 1. The lowest BCUT2D eigenvalue weighted by Crippen LogP contribution is -2.19. The number of nitrogens with one attached hydrogen (secondary N) is 1. The summed E-state index contributed by atoms with van der Waals surface area (Å²) in [5, 5.41) is 9.12. The first-order valence-corrected chi connectivity index (χ1v) is 13.1. The Labute approximate surface area is 199 Å². The molecule has 0 unspecified atom stereocenters. The lowest BCUT2D eigenvalue weighted by molar-refractivity contribution is -0.136. The van der Waals surface area contributed by atoms with Crippen molar-refractivity contribution >= 4 is 43.4 Å². The van der Waals surface area contributed by atoms with Gasteiger partial charge in [0.2, 0.25) is 10.0 Å². The number of aliphatic carboxylic acids is 1. The Balaban J connectivity index is 1.41. The largest absolute Gasteiger partial charge is 0.481 e. The van der Waals surface area contributed by atoms with Crippen LogP contribution in [0.25, 0.3) is 20.9 Å². The van der Waals surface area contributed by atoms with Crippen LogP contribution in [0.3, 0.4) is 0 Å². The third-order valence-electron chi connectivity index (χ3n) is 5.88. The summed E-state index contributed by atoms with van der Waals surface area (Å²) < 4.78 is 41.1. The Bertz CT molecular complexity index is 1500. The lowest BCUT2D eigenvalue weighted by atomic mass is 9.92. The second-order valence-electron chi connectivity index (χ2n) is 8.25. The molecule has 2 heterocycles. The van der Waals surface area contributed by atoms with E-state index in [9.17, 15) is 17.6 Å². The topological polar surface area (TPSA) is 109 Å². The van der Waals surface area contributed by atoms with Crippen molar-refractivity contribution in [1.82, 2.24) is 9.97 Å². The zero-order valence-corrected chi connectivity index (χ0v) is 19.5. The van der Waals surface area contributed by atoms with Crippen molar-refractivity contribution in [3.63, 3.8) is 0 Å². The van der Waals surface area contributed by atoms with Gasteiger partial charge in [0.15, 0.2) is 0 Å². The minimum Gasteiger partial charge on any atom is -0.481 e. The fraction of sp³-hybridized carbons (Fsp3) is 0.208. The molecule has 0 amide bonds. The average molecular weight is 498 g/mol. The third kappa shape index (κ3) is 4.38. The first kappa shape index (κ1) is 22.4. The number of pyridine rings is 1. The van der Waals surface area contributed by atoms with Gasteiger partial charge in [0, 0.05) is 11.0 Å². The SMILES string of the molecule is O=C(O)CCS(=O)(=O)Nc1ccc(-c2nc3ccc(C4(c5ccccc5)CC4)nc3s2)c(F)c1. The summed E-state index contributed by atoms with van der Waals surface area (Å²) in [5.74, 6) is -2.46. The smallest absolute Gasteiger partial charge is 0.304 e. The molecule has 2 N–H and O–H groups in total. The first-order chi connectivity index (χ1) is 16.3. The standard InChI is InChI=1S/C24H20FN3O4S2/c25-18-14-16(28-34(31,32)13-10-21(29)30)6-7-17(18)22-26-19-8-9-20(27-23(19)33-22)24(11-12-24)15-4-2-1-3-5-15/h1-9,14,28H,10-13H2,(H,29,30). The molecule has 1 aliphatic rings. The van der Waals surface area contributed by atoms with Crippen LogP contribution in [0, 0.1) is 5.82 Å². The average Bonchev–Trinajstić information content (AvgIpc) is 3.51.